The second kappa shape index (κ2) is 10.3. The molecule has 1 saturated heterocycles. The number of halogens is 1. The van der Waals surface area contributed by atoms with Gasteiger partial charge in [0.15, 0.2) is 6.61 Å². The molecule has 3 aliphatic carbocycles. The first kappa shape index (κ1) is 27.3. The molecule has 1 heterocycles. The minimum Gasteiger partial charge on any atom is -0.452 e. The summed E-state index contributed by atoms with van der Waals surface area (Å²) in [7, 11) is 0. The Bertz CT molecular complexity index is 1750. The Balaban J connectivity index is 1.12. The van der Waals surface area contributed by atoms with Crippen molar-refractivity contribution in [2.24, 2.45) is 11.8 Å². The number of anilines is 2. The second-order valence-electron chi connectivity index (χ2n) is 11.4. The van der Waals surface area contributed by atoms with E-state index in [-0.39, 0.29) is 29.2 Å². The number of carbonyl (C=O) groups excluding carboxylic acids is 4. The van der Waals surface area contributed by atoms with Gasteiger partial charge in [0.2, 0.25) is 11.8 Å². The summed E-state index contributed by atoms with van der Waals surface area (Å²) >= 11 is 3.47. The number of amides is 3. The number of hydrogen-bond donors (Lipinski definition) is 1. The van der Waals surface area contributed by atoms with E-state index >= 15 is 0 Å². The Morgan fingerprint density at radius 1 is 0.767 bits per heavy atom. The SMILES string of the molecule is Cc1cc(NC(=O)COC(=O)c2cccc(N3C(=O)[C@H]4C5c6ccccc6C(c6ccccc65)[C@@H]4C3=O)c2)c(C)cc1Br. The number of imide groups is 1. The van der Waals surface area contributed by atoms with Crippen molar-refractivity contribution in [3.05, 3.63) is 128 Å². The number of hydrogen-bond acceptors (Lipinski definition) is 5. The highest BCUT2D eigenvalue weighted by Gasteiger charge is 2.61. The Hall–Kier alpha value is -4.56. The number of esters is 1. The lowest BCUT2D eigenvalue weighted by Crippen LogP contribution is -2.41. The zero-order chi connectivity index (χ0) is 30.0. The van der Waals surface area contributed by atoms with E-state index in [2.05, 4.69) is 45.5 Å². The standard InChI is InChI=1S/C35H27BrN2O5/c1-18-15-27(19(2)14-26(18)36)37-28(39)17-43-35(42)20-8-7-9-21(16-20)38-33(40)31-29-22-10-3-4-11-23(22)30(32(31)34(38)41)25-13-6-5-12-24(25)29/h3-16,29-32H,17H2,1-2H3,(H,37,39)/t29?,30?,31-,32-/m0/s1. The summed E-state index contributed by atoms with van der Waals surface area (Å²) in [6, 6.07) is 26.2. The Labute approximate surface area is 257 Å². The molecule has 1 fully saturated rings. The van der Waals surface area contributed by atoms with Crippen LogP contribution >= 0.6 is 15.9 Å². The van der Waals surface area contributed by atoms with Crippen molar-refractivity contribution in [3.63, 3.8) is 0 Å². The van der Waals surface area contributed by atoms with Crippen molar-refractivity contribution in [2.45, 2.75) is 25.7 Å². The molecule has 8 rings (SSSR count). The summed E-state index contributed by atoms with van der Waals surface area (Å²) in [4.78, 5) is 54.8. The Morgan fingerprint density at radius 2 is 1.33 bits per heavy atom. The van der Waals surface area contributed by atoms with Gasteiger partial charge in [0.25, 0.3) is 5.91 Å². The van der Waals surface area contributed by atoms with Gasteiger partial charge < -0.3 is 10.1 Å². The Morgan fingerprint density at radius 3 is 1.88 bits per heavy atom. The van der Waals surface area contributed by atoms with Crippen LogP contribution in [0.5, 0.6) is 0 Å². The molecule has 4 aliphatic rings. The summed E-state index contributed by atoms with van der Waals surface area (Å²) in [6.45, 7) is 3.31. The molecular formula is C35H27BrN2O5. The third-order valence-corrected chi connectivity index (χ3v) is 9.76. The van der Waals surface area contributed by atoms with E-state index < -0.39 is 30.3 Å². The molecule has 7 nitrogen and oxygen atoms in total. The summed E-state index contributed by atoms with van der Waals surface area (Å²) < 4.78 is 6.24. The molecule has 1 aliphatic heterocycles. The lowest BCUT2D eigenvalue weighted by molar-refractivity contribution is -0.122. The Kier molecular flexibility index (Phi) is 6.54. The minimum atomic E-state index is -0.725. The molecule has 3 amide bonds. The van der Waals surface area contributed by atoms with E-state index in [0.29, 0.717) is 11.4 Å². The largest absolute Gasteiger partial charge is 0.452 e. The van der Waals surface area contributed by atoms with Crippen LogP contribution in [0.2, 0.25) is 0 Å². The van der Waals surface area contributed by atoms with E-state index in [0.717, 1.165) is 37.9 Å². The normalized spacial score (nSPS) is 21.2. The van der Waals surface area contributed by atoms with Gasteiger partial charge in [-0.2, -0.15) is 0 Å². The highest BCUT2D eigenvalue weighted by molar-refractivity contribution is 9.10. The summed E-state index contributed by atoms with van der Waals surface area (Å²) in [5.41, 5.74) is 7.31. The smallest absolute Gasteiger partial charge is 0.338 e. The second-order valence-corrected chi connectivity index (χ2v) is 12.2. The fraction of sp³-hybridized carbons (Fsp3) is 0.200. The van der Waals surface area contributed by atoms with Crippen molar-refractivity contribution >= 4 is 51.0 Å². The molecule has 0 saturated carbocycles. The quantitative estimate of drug-likeness (QED) is 0.207. The molecule has 0 radical (unpaired) electrons. The van der Waals surface area contributed by atoms with E-state index in [1.54, 1.807) is 18.2 Å². The maximum absolute atomic E-state index is 14.0. The van der Waals surface area contributed by atoms with Crippen LogP contribution in [-0.2, 0) is 19.1 Å². The third kappa shape index (κ3) is 4.31. The van der Waals surface area contributed by atoms with Gasteiger partial charge in [-0.3, -0.25) is 14.4 Å². The van der Waals surface area contributed by atoms with Gasteiger partial charge in [-0.05, 0) is 77.6 Å². The van der Waals surface area contributed by atoms with Crippen LogP contribution < -0.4 is 10.2 Å². The number of nitrogens with zero attached hydrogens (tertiary/aromatic N) is 1. The molecule has 4 aromatic carbocycles. The fourth-order valence-corrected chi connectivity index (χ4v) is 7.48. The van der Waals surface area contributed by atoms with Crippen molar-refractivity contribution < 1.29 is 23.9 Å². The summed E-state index contributed by atoms with van der Waals surface area (Å²) in [5.74, 6) is -3.20. The van der Waals surface area contributed by atoms with Gasteiger partial charge >= 0.3 is 5.97 Å². The molecule has 0 unspecified atom stereocenters. The van der Waals surface area contributed by atoms with Gasteiger partial charge in [0, 0.05) is 22.0 Å². The first-order valence-corrected chi connectivity index (χ1v) is 14.9. The number of nitrogens with one attached hydrogen (secondary N) is 1. The molecule has 2 bridgehead atoms. The van der Waals surface area contributed by atoms with E-state index in [1.165, 1.54) is 11.0 Å². The third-order valence-electron chi connectivity index (χ3n) is 8.90. The number of aryl methyl sites for hydroxylation is 2. The van der Waals surface area contributed by atoms with E-state index in [1.807, 2.05) is 50.2 Å². The molecule has 2 atom stereocenters. The van der Waals surface area contributed by atoms with Crippen LogP contribution in [0.25, 0.3) is 0 Å². The highest BCUT2D eigenvalue weighted by Crippen LogP contribution is 2.61. The number of rotatable bonds is 5. The van der Waals surface area contributed by atoms with Crippen LogP contribution in [0, 0.1) is 25.7 Å². The first-order chi connectivity index (χ1) is 20.7. The fourth-order valence-electron chi connectivity index (χ4n) is 7.02. The van der Waals surface area contributed by atoms with Gasteiger partial charge in [0.05, 0.1) is 23.1 Å². The van der Waals surface area contributed by atoms with Crippen LogP contribution in [0.15, 0.2) is 89.4 Å². The lowest BCUT2D eigenvalue weighted by atomic mass is 9.55. The molecule has 1 N–H and O–H groups in total. The first-order valence-electron chi connectivity index (χ1n) is 14.1. The molecule has 8 heteroatoms. The predicted molar refractivity (Wildman–Crippen MR) is 165 cm³/mol. The predicted octanol–water partition coefficient (Wildman–Crippen LogP) is 6.26. The van der Waals surface area contributed by atoms with Gasteiger partial charge in [-0.25, -0.2) is 9.69 Å². The van der Waals surface area contributed by atoms with Crippen molar-refractivity contribution in [2.75, 3.05) is 16.8 Å². The van der Waals surface area contributed by atoms with Crippen LogP contribution in [0.1, 0.15) is 55.6 Å². The van der Waals surface area contributed by atoms with E-state index in [9.17, 15) is 19.2 Å². The number of ether oxygens (including phenoxy) is 1. The van der Waals surface area contributed by atoms with E-state index in [4.69, 9.17) is 4.74 Å². The zero-order valence-electron chi connectivity index (χ0n) is 23.5. The van der Waals surface area contributed by atoms with Crippen molar-refractivity contribution in [1.29, 1.82) is 0 Å². The molecule has 0 aromatic heterocycles. The van der Waals surface area contributed by atoms with Crippen LogP contribution in [-0.4, -0.2) is 30.3 Å². The molecular weight excluding hydrogens is 608 g/mol. The topological polar surface area (TPSA) is 92.8 Å². The molecule has 43 heavy (non-hydrogen) atoms. The number of benzene rings is 4. The highest BCUT2D eigenvalue weighted by atomic mass is 79.9. The maximum atomic E-state index is 14.0. The zero-order valence-corrected chi connectivity index (χ0v) is 25.1. The van der Waals surface area contributed by atoms with Crippen LogP contribution in [0.3, 0.4) is 0 Å². The average molecular weight is 636 g/mol. The summed E-state index contributed by atoms with van der Waals surface area (Å²) in [6.07, 6.45) is 0. The monoisotopic (exact) mass is 634 g/mol. The lowest BCUT2D eigenvalue weighted by Gasteiger charge is -2.45. The average Bonchev–Trinajstić information content (AvgIpc) is 3.28. The maximum Gasteiger partial charge on any atom is 0.338 e. The van der Waals surface area contributed by atoms with Crippen LogP contribution in [0.4, 0.5) is 11.4 Å². The van der Waals surface area contributed by atoms with Gasteiger partial charge in [-0.1, -0.05) is 70.5 Å². The molecule has 4 aromatic rings. The van der Waals surface area contributed by atoms with Crippen molar-refractivity contribution in [1.82, 2.24) is 0 Å². The summed E-state index contributed by atoms with van der Waals surface area (Å²) in [5, 5.41) is 2.78. The van der Waals surface area contributed by atoms with Gasteiger partial charge in [-0.15, -0.1) is 0 Å². The van der Waals surface area contributed by atoms with Crippen molar-refractivity contribution in [3.8, 4) is 0 Å². The minimum absolute atomic E-state index is 0.144. The molecule has 0 spiro atoms. The van der Waals surface area contributed by atoms with Gasteiger partial charge in [0.1, 0.15) is 0 Å². The molecule has 214 valence electrons. The number of carbonyl (C=O) groups is 4.